The van der Waals surface area contributed by atoms with Gasteiger partial charge in [-0.05, 0) is 91.8 Å². The number of aromatic amines is 1. The Morgan fingerprint density at radius 2 is 0.715 bits per heavy atom. The fourth-order valence-corrected chi connectivity index (χ4v) is 17.1. The monoisotopic (exact) mass is 1820 g/mol. The van der Waals surface area contributed by atoms with Crippen LogP contribution in [0.15, 0.2) is 71.7 Å². The molecular formula is C109H178F3N7O11. The molecule has 3 aromatic carbocycles. The number of rotatable bonds is 87. The number of fused-ring (bicyclic) bond motifs is 1. The summed E-state index contributed by atoms with van der Waals surface area (Å²) in [5, 5.41) is 2.72. The number of ether oxygens (including phenoxy) is 6. The average molecular weight is 1820 g/mol. The Bertz CT molecular complexity index is 3730. The first-order chi connectivity index (χ1) is 63.6. The molecule has 130 heavy (non-hydrogen) atoms. The van der Waals surface area contributed by atoms with Crippen LogP contribution in [0.25, 0.3) is 11.2 Å². The van der Waals surface area contributed by atoms with Gasteiger partial charge in [0, 0.05) is 30.5 Å². The molecule has 0 bridgehead atoms. The number of anilines is 2. The summed E-state index contributed by atoms with van der Waals surface area (Å²) < 4.78 is 80.6. The Morgan fingerprint density at radius 3 is 1.05 bits per heavy atom. The van der Waals surface area contributed by atoms with Crippen LogP contribution in [0.1, 0.15) is 479 Å². The lowest BCUT2D eigenvalue weighted by atomic mass is 10.0. The van der Waals surface area contributed by atoms with Crippen LogP contribution < -0.4 is 40.5 Å². The van der Waals surface area contributed by atoms with E-state index in [1.54, 1.807) is 0 Å². The Balaban J connectivity index is 1.23. The second-order valence-corrected chi connectivity index (χ2v) is 37.0. The van der Waals surface area contributed by atoms with Crippen LogP contribution in [-0.2, 0) is 43.2 Å². The third kappa shape index (κ3) is 55.3. The number of halogens is 3. The van der Waals surface area contributed by atoms with E-state index in [1.807, 2.05) is 36.4 Å². The lowest BCUT2D eigenvalue weighted by Crippen LogP contribution is -2.42. The van der Waals surface area contributed by atoms with Crippen molar-refractivity contribution in [1.29, 1.82) is 0 Å². The molecular weight excluding hydrogens is 1640 g/mol. The van der Waals surface area contributed by atoms with Gasteiger partial charge in [-0.15, -0.1) is 0 Å². The van der Waals surface area contributed by atoms with Gasteiger partial charge in [-0.2, -0.15) is 18.2 Å². The number of esters is 2. The molecule has 0 unspecified atom stereocenters. The summed E-state index contributed by atoms with van der Waals surface area (Å²) in [7, 11) is 0. The molecule has 2 heterocycles. The molecule has 4 N–H and O–H groups in total. The second-order valence-electron chi connectivity index (χ2n) is 37.0. The summed E-state index contributed by atoms with van der Waals surface area (Å²) in [6.07, 6.45) is 78.1. The van der Waals surface area contributed by atoms with E-state index in [1.165, 1.54) is 365 Å². The highest BCUT2D eigenvalue weighted by Gasteiger charge is 2.43. The third-order valence-corrected chi connectivity index (χ3v) is 25.3. The molecule has 2 aromatic heterocycles. The Kier molecular flexibility index (Phi) is 66.0. The number of alkyl halides is 3. The number of benzene rings is 3. The van der Waals surface area contributed by atoms with Gasteiger partial charge < -0.3 is 39.5 Å². The zero-order chi connectivity index (χ0) is 93.1. The highest BCUT2D eigenvalue weighted by atomic mass is 19.4. The number of carbonyl (C=O) groups excluding carboxylic acids is 4. The SMILES string of the molecule is CCCCCCCCCCCCCCCCCCOc1ccc(CCOC(=O)CC[C@H](NC(=O)c2ccc(N(Cc3cnc4nc(N)[nH]c(=O)c4n3)C(=O)C(F)(F)F)cc2)C(=O)OCCc2ccc(OCCCCCCCCCCCCCCCCCC)c(OCCCCCCCCCCCCCCCCCC)c2)cc1OCCCCCCCCCCCCCCCCCC. The van der Waals surface area contributed by atoms with Crippen LogP contribution in [0.4, 0.5) is 24.8 Å². The van der Waals surface area contributed by atoms with Gasteiger partial charge in [0.25, 0.3) is 11.5 Å². The van der Waals surface area contributed by atoms with Gasteiger partial charge in [-0.25, -0.2) is 14.8 Å². The maximum atomic E-state index is 14.4. The minimum Gasteiger partial charge on any atom is -0.490 e. The quantitative estimate of drug-likeness (QED) is 0.0242. The van der Waals surface area contributed by atoms with Crippen LogP contribution in [0.2, 0.25) is 0 Å². The second kappa shape index (κ2) is 75.9. The van der Waals surface area contributed by atoms with E-state index in [-0.39, 0.29) is 66.5 Å². The third-order valence-electron chi connectivity index (χ3n) is 25.3. The van der Waals surface area contributed by atoms with Crippen molar-refractivity contribution in [2.45, 2.75) is 483 Å². The number of aromatic nitrogens is 4. The largest absolute Gasteiger partial charge is 0.490 e. The lowest BCUT2D eigenvalue weighted by Gasteiger charge is -2.24. The highest BCUT2D eigenvalue weighted by molar-refractivity contribution is 5.99. The van der Waals surface area contributed by atoms with Crippen molar-refractivity contribution in [2.75, 3.05) is 50.3 Å². The number of hydrogen-bond acceptors (Lipinski definition) is 15. The zero-order valence-corrected chi connectivity index (χ0v) is 82.0. The summed E-state index contributed by atoms with van der Waals surface area (Å²) in [6.45, 7) is 10.5. The van der Waals surface area contributed by atoms with Gasteiger partial charge in [0.1, 0.15) is 6.04 Å². The van der Waals surface area contributed by atoms with Crippen LogP contribution in [0.3, 0.4) is 0 Å². The molecule has 0 aliphatic heterocycles. The summed E-state index contributed by atoms with van der Waals surface area (Å²) in [5.74, 6) is -2.10. The predicted octanol–water partition coefficient (Wildman–Crippen LogP) is 30.4. The highest BCUT2D eigenvalue weighted by Crippen LogP contribution is 2.33. The fourth-order valence-electron chi connectivity index (χ4n) is 17.1. The van der Waals surface area contributed by atoms with Crippen molar-refractivity contribution in [3.8, 4) is 23.0 Å². The summed E-state index contributed by atoms with van der Waals surface area (Å²) in [5.41, 5.74) is 5.61. The normalized spacial score (nSPS) is 11.8. The molecule has 0 aliphatic rings. The minimum atomic E-state index is -5.35. The summed E-state index contributed by atoms with van der Waals surface area (Å²) in [4.78, 5) is 83.1. The number of unbranched alkanes of at least 4 members (excludes halogenated alkanes) is 60. The standard InChI is InChI=1S/C109H178F3N7O11/c1-5-9-13-17-21-25-29-33-37-41-45-49-53-57-61-65-81-125-97-76-69-91(87-99(97)127-83-67-63-59-55-51-47-43-39-35-31-27-23-19-15-11-7-3)79-85-129-101(120)78-75-96(116-104(121)93-71-73-95(74-72-93)119(107(124)109(110,111)112)90-94-89-114-103-102(115-94)105(122)118-108(113)117-103)106(123)130-86-80-92-70-77-98(126-82-66-62-58-54-50-46-42-38-34-30-26-22-18-14-10-6-2)100(88-92)128-84-68-64-60-56-52-48-44-40-36-32-28-24-20-16-12-8-4/h69-74,76-77,87-89,96H,5-68,75,78-86,90H2,1-4H3,(H,116,121)(H3,113,114,117,118,122)/t96-/m0/s1. The van der Waals surface area contributed by atoms with Gasteiger partial charge in [0.05, 0.1) is 58.1 Å². The molecule has 2 amide bonds. The lowest BCUT2D eigenvalue weighted by molar-refractivity contribution is -0.170. The summed E-state index contributed by atoms with van der Waals surface area (Å²) in [6, 6.07) is 15.0. The van der Waals surface area contributed by atoms with E-state index < -0.39 is 48.1 Å². The van der Waals surface area contributed by atoms with Crippen molar-refractivity contribution in [3.63, 3.8) is 0 Å². The Hall–Kier alpha value is -7.45. The number of carbonyl (C=O) groups is 4. The van der Waals surface area contributed by atoms with Gasteiger partial charge >= 0.3 is 24.0 Å². The average Bonchev–Trinajstić information content (AvgIpc) is 0.797. The summed E-state index contributed by atoms with van der Waals surface area (Å²) >= 11 is 0. The van der Waals surface area contributed by atoms with Crippen LogP contribution >= 0.6 is 0 Å². The molecule has 0 aliphatic carbocycles. The van der Waals surface area contributed by atoms with Crippen LogP contribution in [0.5, 0.6) is 23.0 Å². The molecule has 1 atom stereocenters. The molecule has 21 heteroatoms. The number of amides is 2. The first kappa shape index (κ1) is 113. The van der Waals surface area contributed by atoms with Gasteiger partial charge in [-0.3, -0.25) is 29.1 Å². The van der Waals surface area contributed by atoms with E-state index in [9.17, 15) is 37.1 Å². The van der Waals surface area contributed by atoms with E-state index in [0.717, 1.165) is 87.2 Å². The topological polar surface area (TPSA) is 236 Å². The molecule has 0 fully saturated rings. The molecule has 0 spiro atoms. The number of H-pyrrole nitrogens is 1. The number of nitrogen functional groups attached to an aromatic ring is 1. The van der Waals surface area contributed by atoms with E-state index in [0.29, 0.717) is 60.7 Å². The maximum Gasteiger partial charge on any atom is 0.471 e. The van der Waals surface area contributed by atoms with Crippen molar-refractivity contribution in [2.24, 2.45) is 0 Å². The van der Waals surface area contributed by atoms with Crippen molar-refractivity contribution >= 4 is 46.6 Å². The fraction of sp³-hybridized carbons (Fsp3) is 0.743. The van der Waals surface area contributed by atoms with Gasteiger partial charge in [0.2, 0.25) is 5.95 Å². The molecule has 736 valence electrons. The number of nitrogens with zero attached hydrogens (tertiary/aromatic N) is 4. The molecule has 5 rings (SSSR count). The van der Waals surface area contributed by atoms with E-state index >= 15 is 0 Å². The predicted molar refractivity (Wildman–Crippen MR) is 529 cm³/mol. The molecule has 0 saturated heterocycles. The van der Waals surface area contributed by atoms with Crippen molar-refractivity contribution in [1.82, 2.24) is 25.3 Å². The number of nitrogens with two attached hydrogens (primary N) is 1. The van der Waals surface area contributed by atoms with Crippen molar-refractivity contribution < 1.29 is 60.8 Å². The Morgan fingerprint density at radius 1 is 0.400 bits per heavy atom. The smallest absolute Gasteiger partial charge is 0.471 e. The first-order valence-electron chi connectivity index (χ1n) is 53.0. The van der Waals surface area contributed by atoms with Crippen LogP contribution in [-0.4, -0.2) is 95.5 Å². The van der Waals surface area contributed by atoms with Gasteiger partial charge in [-0.1, -0.05) is 425 Å². The van der Waals surface area contributed by atoms with E-state index in [4.69, 9.17) is 34.2 Å². The van der Waals surface area contributed by atoms with Crippen LogP contribution in [0, 0.1) is 0 Å². The maximum absolute atomic E-state index is 14.4. The molecule has 0 saturated carbocycles. The number of nitrogens with one attached hydrogen (secondary N) is 2. The minimum absolute atomic E-state index is 0.0190. The van der Waals surface area contributed by atoms with E-state index in [2.05, 4.69) is 52.9 Å². The molecule has 0 radical (unpaired) electrons. The molecule has 18 nitrogen and oxygen atoms in total. The molecule has 5 aromatic rings. The van der Waals surface area contributed by atoms with Gasteiger partial charge in [0.15, 0.2) is 34.2 Å². The van der Waals surface area contributed by atoms with Crippen molar-refractivity contribution in [3.05, 3.63) is 99.6 Å². The first-order valence-corrected chi connectivity index (χ1v) is 53.0. The Labute approximate surface area is 784 Å². The number of hydrogen-bond donors (Lipinski definition) is 3. The zero-order valence-electron chi connectivity index (χ0n) is 82.0.